The Labute approximate surface area is 187 Å². The molecule has 0 aliphatic rings. The molecule has 0 saturated heterocycles. The number of rotatable bonds is 6. The van der Waals surface area contributed by atoms with Gasteiger partial charge in [-0.1, -0.05) is 53.8 Å². The Bertz CT molecular complexity index is 1470. The smallest absolute Gasteiger partial charge is 0.420 e. The van der Waals surface area contributed by atoms with Crippen LogP contribution in [0.2, 0.25) is 0 Å². The van der Waals surface area contributed by atoms with Crippen LogP contribution in [0.25, 0.3) is 21.3 Å². The lowest BCUT2D eigenvalue weighted by molar-refractivity contribution is -0.119. The molecule has 0 saturated carbocycles. The normalized spacial score (nSPS) is 11.2. The molecule has 0 N–H and O–H groups in total. The van der Waals surface area contributed by atoms with Crippen LogP contribution >= 0.6 is 11.3 Å². The first-order chi connectivity index (χ1) is 15.6. The van der Waals surface area contributed by atoms with Crippen molar-refractivity contribution in [1.82, 2.24) is 9.55 Å². The largest absolute Gasteiger partial charge is 0.497 e. The Morgan fingerprint density at radius 2 is 1.88 bits per heavy atom. The zero-order chi connectivity index (χ0) is 22.1. The second-order valence-electron chi connectivity index (χ2n) is 7.22. The number of fused-ring (bicyclic) bond motifs is 2. The van der Waals surface area contributed by atoms with E-state index in [-0.39, 0.29) is 12.5 Å². The van der Waals surface area contributed by atoms with Crippen LogP contribution in [0.5, 0.6) is 5.75 Å². The number of hydrogen-bond donors (Lipinski definition) is 0. The fourth-order valence-electron chi connectivity index (χ4n) is 3.55. The van der Waals surface area contributed by atoms with Crippen LogP contribution in [0.1, 0.15) is 5.56 Å². The van der Waals surface area contributed by atoms with Crippen LogP contribution in [-0.2, 0) is 17.9 Å². The summed E-state index contributed by atoms with van der Waals surface area (Å²) in [6.07, 6.45) is 0. The molecule has 7 nitrogen and oxygen atoms in total. The molecule has 5 aromatic rings. The van der Waals surface area contributed by atoms with E-state index in [0.717, 1.165) is 15.8 Å². The van der Waals surface area contributed by atoms with Gasteiger partial charge in [-0.2, -0.15) is 0 Å². The minimum absolute atomic E-state index is 0.151. The highest BCUT2D eigenvalue weighted by Crippen LogP contribution is 2.32. The summed E-state index contributed by atoms with van der Waals surface area (Å²) in [4.78, 5) is 32.2. The summed E-state index contributed by atoms with van der Waals surface area (Å²) < 4.78 is 12.9. The van der Waals surface area contributed by atoms with Crippen LogP contribution in [0.3, 0.4) is 0 Å². The van der Waals surface area contributed by atoms with Gasteiger partial charge in [0, 0.05) is 6.07 Å². The van der Waals surface area contributed by atoms with Gasteiger partial charge in [0.1, 0.15) is 12.3 Å². The molecule has 0 unspecified atom stereocenters. The number of methoxy groups -OCH3 is 1. The van der Waals surface area contributed by atoms with Gasteiger partial charge in [-0.25, -0.2) is 9.78 Å². The zero-order valence-corrected chi connectivity index (χ0v) is 18.0. The molecule has 5 rings (SSSR count). The van der Waals surface area contributed by atoms with Crippen LogP contribution < -0.4 is 15.4 Å². The molecule has 0 bridgehead atoms. The summed E-state index contributed by atoms with van der Waals surface area (Å²) in [5.41, 5.74) is 2.75. The van der Waals surface area contributed by atoms with Gasteiger partial charge in [0.2, 0.25) is 5.91 Å². The van der Waals surface area contributed by atoms with E-state index in [1.165, 1.54) is 15.9 Å². The molecule has 0 radical (unpaired) electrons. The molecule has 0 fully saturated rings. The number of ether oxygens (including phenoxy) is 1. The van der Waals surface area contributed by atoms with Crippen molar-refractivity contribution in [3.05, 3.63) is 88.9 Å². The standard InChI is InChI=1S/C24H19N3O4S/c1-30-17-11-12-21-18(13-17)25-23(32-21)27(14-16-7-3-2-4-8-16)22(28)15-26-19-9-5-6-10-20(19)31-24(26)29/h2-13H,14-15H2,1H3. The highest BCUT2D eigenvalue weighted by Gasteiger charge is 2.23. The number of para-hydroxylation sites is 2. The summed E-state index contributed by atoms with van der Waals surface area (Å²) in [6.45, 7) is 0.184. The number of aromatic nitrogens is 2. The molecule has 0 spiro atoms. The number of carbonyl (C=O) groups excluding carboxylic acids is 1. The molecule has 0 aliphatic heterocycles. The lowest BCUT2D eigenvalue weighted by atomic mass is 10.2. The number of nitrogens with zero attached hydrogens (tertiary/aromatic N) is 3. The summed E-state index contributed by atoms with van der Waals surface area (Å²) in [6, 6.07) is 22.4. The van der Waals surface area contributed by atoms with E-state index in [4.69, 9.17) is 9.15 Å². The number of carbonyl (C=O) groups is 1. The van der Waals surface area contributed by atoms with Gasteiger partial charge in [-0.3, -0.25) is 14.3 Å². The van der Waals surface area contributed by atoms with Crippen molar-refractivity contribution in [2.45, 2.75) is 13.1 Å². The maximum absolute atomic E-state index is 13.5. The molecule has 1 amide bonds. The first-order valence-electron chi connectivity index (χ1n) is 9.99. The van der Waals surface area contributed by atoms with E-state index in [1.807, 2.05) is 48.5 Å². The van der Waals surface area contributed by atoms with Crippen LogP contribution in [0.4, 0.5) is 5.13 Å². The molecule has 0 atom stereocenters. The van der Waals surface area contributed by atoms with Crippen molar-refractivity contribution >= 4 is 43.7 Å². The minimum atomic E-state index is -0.562. The quantitative estimate of drug-likeness (QED) is 0.386. The first-order valence-corrected chi connectivity index (χ1v) is 10.8. The maximum Gasteiger partial charge on any atom is 0.420 e. The molecule has 2 aromatic heterocycles. The van der Waals surface area contributed by atoms with E-state index < -0.39 is 5.76 Å². The molecule has 32 heavy (non-hydrogen) atoms. The van der Waals surface area contributed by atoms with E-state index >= 15 is 0 Å². The van der Waals surface area contributed by atoms with Gasteiger partial charge in [0.05, 0.1) is 29.4 Å². The van der Waals surface area contributed by atoms with E-state index in [0.29, 0.717) is 28.5 Å². The predicted octanol–water partition coefficient (Wildman–Crippen LogP) is 4.45. The summed E-state index contributed by atoms with van der Waals surface area (Å²) in [5.74, 6) is -0.117. The van der Waals surface area contributed by atoms with Gasteiger partial charge in [0.15, 0.2) is 10.7 Å². The average molecular weight is 446 g/mol. The SMILES string of the molecule is COc1ccc2sc(N(Cc3ccccc3)C(=O)Cn3c(=O)oc4ccccc43)nc2c1. The van der Waals surface area contributed by atoms with Gasteiger partial charge in [-0.15, -0.1) is 0 Å². The first kappa shape index (κ1) is 20.0. The number of thiazole rings is 1. The predicted molar refractivity (Wildman–Crippen MR) is 124 cm³/mol. The van der Waals surface area contributed by atoms with Crippen LogP contribution in [-0.4, -0.2) is 22.6 Å². The number of amides is 1. The molecule has 160 valence electrons. The molecule has 0 aliphatic carbocycles. The molecule has 3 aromatic carbocycles. The van der Waals surface area contributed by atoms with Crippen molar-refractivity contribution in [3.8, 4) is 5.75 Å². The zero-order valence-electron chi connectivity index (χ0n) is 17.2. The van der Waals surface area contributed by atoms with Crippen molar-refractivity contribution in [1.29, 1.82) is 0 Å². The highest BCUT2D eigenvalue weighted by atomic mass is 32.1. The number of benzene rings is 3. The topological polar surface area (TPSA) is 77.6 Å². The maximum atomic E-state index is 13.5. The lowest BCUT2D eigenvalue weighted by Crippen LogP contribution is -2.35. The third-order valence-electron chi connectivity index (χ3n) is 5.17. The fraction of sp³-hybridized carbons (Fsp3) is 0.125. The summed E-state index contributed by atoms with van der Waals surface area (Å²) >= 11 is 1.42. The Morgan fingerprint density at radius 1 is 1.09 bits per heavy atom. The monoisotopic (exact) mass is 445 g/mol. The Morgan fingerprint density at radius 3 is 2.69 bits per heavy atom. The molecule has 2 heterocycles. The van der Waals surface area contributed by atoms with Gasteiger partial charge in [-0.05, 0) is 29.8 Å². The average Bonchev–Trinajstić information content (AvgIpc) is 3.38. The summed E-state index contributed by atoms with van der Waals surface area (Å²) in [5, 5.41) is 0.558. The lowest BCUT2D eigenvalue weighted by Gasteiger charge is -2.20. The van der Waals surface area contributed by atoms with Gasteiger partial charge in [0.25, 0.3) is 0 Å². The van der Waals surface area contributed by atoms with E-state index in [9.17, 15) is 9.59 Å². The Balaban J connectivity index is 1.54. The Hall–Kier alpha value is -3.91. The number of oxazole rings is 1. The number of hydrogen-bond acceptors (Lipinski definition) is 6. The van der Waals surface area contributed by atoms with Crippen LogP contribution in [0.15, 0.2) is 82.0 Å². The van der Waals surface area contributed by atoms with E-state index in [1.54, 1.807) is 36.3 Å². The fourth-order valence-corrected chi connectivity index (χ4v) is 4.51. The highest BCUT2D eigenvalue weighted by molar-refractivity contribution is 7.22. The second-order valence-corrected chi connectivity index (χ2v) is 8.23. The minimum Gasteiger partial charge on any atom is -0.497 e. The van der Waals surface area contributed by atoms with Crippen molar-refractivity contribution in [2.75, 3.05) is 12.0 Å². The van der Waals surface area contributed by atoms with Crippen molar-refractivity contribution in [2.24, 2.45) is 0 Å². The third kappa shape index (κ3) is 3.76. The Kier molecular flexibility index (Phi) is 5.20. The molecule has 8 heteroatoms. The third-order valence-corrected chi connectivity index (χ3v) is 6.23. The van der Waals surface area contributed by atoms with Crippen molar-refractivity contribution < 1.29 is 13.9 Å². The van der Waals surface area contributed by atoms with Crippen molar-refractivity contribution in [3.63, 3.8) is 0 Å². The summed E-state index contributed by atoms with van der Waals surface area (Å²) in [7, 11) is 1.60. The molecular formula is C24H19N3O4S. The van der Waals surface area contributed by atoms with Gasteiger partial charge >= 0.3 is 5.76 Å². The second kappa shape index (κ2) is 8.32. The molecular weight excluding hydrogens is 426 g/mol. The van der Waals surface area contributed by atoms with E-state index in [2.05, 4.69) is 4.98 Å². The van der Waals surface area contributed by atoms with Gasteiger partial charge < -0.3 is 9.15 Å². The number of anilines is 1. The van der Waals surface area contributed by atoms with Crippen LogP contribution in [0, 0.1) is 0 Å².